The van der Waals surface area contributed by atoms with Gasteiger partial charge >= 0.3 is 0 Å². The highest BCUT2D eigenvalue weighted by molar-refractivity contribution is 5.00. The average Bonchev–Trinajstić information content (AvgIpc) is 2.66. The van der Waals surface area contributed by atoms with Crippen molar-refractivity contribution < 1.29 is 5.11 Å². The zero-order valence-corrected chi connectivity index (χ0v) is 10.8. The van der Waals surface area contributed by atoms with E-state index in [9.17, 15) is 0 Å². The lowest BCUT2D eigenvalue weighted by molar-refractivity contribution is 0.0284. The number of hydrogen-bond acceptors (Lipinski definition) is 3. The third-order valence-electron chi connectivity index (χ3n) is 4.48. The third-order valence-corrected chi connectivity index (χ3v) is 4.48. The lowest BCUT2D eigenvalue weighted by Crippen LogP contribution is -2.54. The normalized spacial score (nSPS) is 27.0. The largest absolute Gasteiger partial charge is 0.395 e. The third kappa shape index (κ3) is 2.27. The van der Waals surface area contributed by atoms with E-state index in [0.717, 1.165) is 6.54 Å². The molecule has 2 heterocycles. The predicted octanol–water partition coefficient (Wildman–Crippen LogP) is 1.32. The van der Waals surface area contributed by atoms with Crippen molar-refractivity contribution in [3.63, 3.8) is 0 Å². The fourth-order valence-corrected chi connectivity index (χ4v) is 3.64. The Labute approximate surface area is 99.4 Å². The first-order chi connectivity index (χ1) is 7.68. The smallest absolute Gasteiger partial charge is 0.0558 e. The van der Waals surface area contributed by atoms with E-state index < -0.39 is 0 Å². The van der Waals surface area contributed by atoms with Gasteiger partial charge in [-0.05, 0) is 59.2 Å². The van der Waals surface area contributed by atoms with Crippen molar-refractivity contribution in [1.82, 2.24) is 9.80 Å². The lowest BCUT2D eigenvalue weighted by Gasteiger charge is -2.46. The number of piperidine rings is 1. The molecule has 16 heavy (non-hydrogen) atoms. The van der Waals surface area contributed by atoms with Gasteiger partial charge in [0.25, 0.3) is 0 Å². The summed E-state index contributed by atoms with van der Waals surface area (Å²) in [5.41, 5.74) is 0.500. The van der Waals surface area contributed by atoms with E-state index >= 15 is 0 Å². The Morgan fingerprint density at radius 2 is 1.81 bits per heavy atom. The summed E-state index contributed by atoms with van der Waals surface area (Å²) in [6.45, 7) is 9.45. The zero-order chi connectivity index (χ0) is 11.6. The van der Waals surface area contributed by atoms with E-state index in [-0.39, 0.29) is 0 Å². The predicted molar refractivity (Wildman–Crippen MR) is 66.6 cm³/mol. The molecule has 0 aromatic rings. The van der Waals surface area contributed by atoms with Gasteiger partial charge in [-0.3, -0.25) is 4.90 Å². The summed E-state index contributed by atoms with van der Waals surface area (Å²) in [6, 6.07) is 0.687. The van der Waals surface area contributed by atoms with Gasteiger partial charge in [-0.1, -0.05) is 0 Å². The molecule has 2 rings (SSSR count). The van der Waals surface area contributed by atoms with Gasteiger partial charge in [-0.2, -0.15) is 0 Å². The monoisotopic (exact) mass is 226 g/mol. The van der Waals surface area contributed by atoms with Crippen molar-refractivity contribution in [1.29, 1.82) is 0 Å². The van der Waals surface area contributed by atoms with Crippen LogP contribution >= 0.6 is 0 Å². The topological polar surface area (TPSA) is 26.7 Å². The van der Waals surface area contributed by atoms with Crippen molar-refractivity contribution in [2.24, 2.45) is 0 Å². The second-order valence-corrected chi connectivity index (χ2v) is 5.68. The van der Waals surface area contributed by atoms with Gasteiger partial charge in [0, 0.05) is 18.1 Å². The van der Waals surface area contributed by atoms with Crippen molar-refractivity contribution in [3.05, 3.63) is 0 Å². The molecule has 0 amide bonds. The Hall–Kier alpha value is -0.120. The summed E-state index contributed by atoms with van der Waals surface area (Å²) in [5, 5.41) is 8.96. The van der Waals surface area contributed by atoms with E-state index in [4.69, 9.17) is 5.11 Å². The molecule has 0 bridgehead atoms. The number of rotatable bonds is 3. The molecule has 0 atom stereocenters. The fraction of sp³-hybridized carbons (Fsp3) is 1.00. The summed E-state index contributed by atoms with van der Waals surface area (Å²) >= 11 is 0. The summed E-state index contributed by atoms with van der Waals surface area (Å²) in [6.07, 6.45) is 5.35. The van der Waals surface area contributed by atoms with Crippen LogP contribution in [-0.4, -0.2) is 59.3 Å². The molecule has 3 heteroatoms. The molecule has 2 aliphatic rings. The highest BCUT2D eigenvalue weighted by Gasteiger charge is 2.43. The molecular weight excluding hydrogens is 200 g/mol. The van der Waals surface area contributed by atoms with Gasteiger partial charge < -0.3 is 10.0 Å². The van der Waals surface area contributed by atoms with E-state index in [0.29, 0.717) is 18.2 Å². The maximum Gasteiger partial charge on any atom is 0.0558 e. The van der Waals surface area contributed by atoms with Crippen LogP contribution in [0.4, 0.5) is 0 Å². The van der Waals surface area contributed by atoms with Crippen LogP contribution in [0, 0.1) is 0 Å². The second kappa shape index (κ2) is 5.03. The summed E-state index contributed by atoms with van der Waals surface area (Å²) in [7, 11) is 0. The van der Waals surface area contributed by atoms with Crippen LogP contribution in [0.2, 0.25) is 0 Å². The highest BCUT2D eigenvalue weighted by atomic mass is 16.3. The molecule has 0 unspecified atom stereocenters. The maximum atomic E-state index is 8.96. The molecule has 3 nitrogen and oxygen atoms in total. The number of hydrogen-bond donors (Lipinski definition) is 1. The Bertz CT molecular complexity index is 222. The molecule has 2 saturated heterocycles. The molecule has 1 spiro atoms. The zero-order valence-electron chi connectivity index (χ0n) is 10.8. The quantitative estimate of drug-likeness (QED) is 0.786. The van der Waals surface area contributed by atoms with E-state index in [1.807, 2.05) is 0 Å². The molecule has 2 fully saturated rings. The van der Waals surface area contributed by atoms with E-state index in [1.54, 1.807) is 0 Å². The van der Waals surface area contributed by atoms with Gasteiger partial charge in [0.15, 0.2) is 0 Å². The van der Waals surface area contributed by atoms with Crippen molar-refractivity contribution in [2.45, 2.75) is 51.1 Å². The van der Waals surface area contributed by atoms with E-state index in [2.05, 4.69) is 23.6 Å². The van der Waals surface area contributed by atoms with Crippen molar-refractivity contribution in [3.8, 4) is 0 Å². The van der Waals surface area contributed by atoms with Gasteiger partial charge in [-0.25, -0.2) is 0 Å². The molecule has 94 valence electrons. The lowest BCUT2D eigenvalue weighted by atomic mass is 9.84. The minimum absolute atomic E-state index is 0.306. The molecule has 0 aromatic carbocycles. The molecule has 0 aliphatic carbocycles. The first-order valence-electron chi connectivity index (χ1n) is 6.78. The molecule has 0 saturated carbocycles. The first kappa shape index (κ1) is 12.3. The Morgan fingerprint density at radius 3 is 2.38 bits per heavy atom. The minimum Gasteiger partial charge on any atom is -0.395 e. The Kier molecular flexibility index (Phi) is 3.88. The number of nitrogens with zero attached hydrogens (tertiary/aromatic N) is 2. The first-order valence-corrected chi connectivity index (χ1v) is 6.78. The molecule has 2 aliphatic heterocycles. The van der Waals surface area contributed by atoms with Crippen LogP contribution in [0.25, 0.3) is 0 Å². The number of likely N-dealkylation sites (tertiary alicyclic amines) is 2. The van der Waals surface area contributed by atoms with Gasteiger partial charge in [0.05, 0.1) is 6.61 Å². The van der Waals surface area contributed by atoms with Crippen LogP contribution in [0.3, 0.4) is 0 Å². The average molecular weight is 226 g/mol. The minimum atomic E-state index is 0.306. The number of aliphatic hydroxyl groups excluding tert-OH is 1. The van der Waals surface area contributed by atoms with Crippen LogP contribution in [0.15, 0.2) is 0 Å². The second-order valence-electron chi connectivity index (χ2n) is 5.68. The molecular formula is C13H26N2O. The van der Waals surface area contributed by atoms with Crippen LogP contribution in [-0.2, 0) is 0 Å². The van der Waals surface area contributed by atoms with Crippen LogP contribution in [0.5, 0.6) is 0 Å². The fourth-order valence-electron chi connectivity index (χ4n) is 3.64. The summed E-state index contributed by atoms with van der Waals surface area (Å²) in [4.78, 5) is 5.13. The molecule has 0 aromatic heterocycles. The number of aliphatic hydroxyl groups is 1. The van der Waals surface area contributed by atoms with Crippen molar-refractivity contribution in [2.75, 3.05) is 32.8 Å². The van der Waals surface area contributed by atoms with E-state index in [1.165, 1.54) is 45.3 Å². The number of β-amino-alcohol motifs (C(OH)–C–C–N with tert-alkyl or cyclic N) is 1. The molecule has 0 radical (unpaired) electrons. The van der Waals surface area contributed by atoms with Gasteiger partial charge in [-0.15, -0.1) is 0 Å². The maximum absolute atomic E-state index is 8.96. The molecule has 1 N–H and O–H groups in total. The Balaban J connectivity index is 1.95. The SMILES string of the molecule is CC(C)N1CCCC12CCN(CCO)CC2. The summed E-state index contributed by atoms with van der Waals surface area (Å²) in [5.74, 6) is 0. The van der Waals surface area contributed by atoms with Crippen molar-refractivity contribution >= 4 is 0 Å². The van der Waals surface area contributed by atoms with Crippen LogP contribution < -0.4 is 0 Å². The van der Waals surface area contributed by atoms with Gasteiger partial charge in [0.1, 0.15) is 0 Å². The standard InChI is InChI=1S/C13H26N2O/c1-12(2)15-7-3-4-13(15)5-8-14(9-6-13)10-11-16/h12,16H,3-11H2,1-2H3. The van der Waals surface area contributed by atoms with Crippen LogP contribution in [0.1, 0.15) is 39.5 Å². The highest BCUT2D eigenvalue weighted by Crippen LogP contribution is 2.39. The summed E-state index contributed by atoms with van der Waals surface area (Å²) < 4.78 is 0. The van der Waals surface area contributed by atoms with Gasteiger partial charge in [0.2, 0.25) is 0 Å². The Morgan fingerprint density at radius 1 is 1.12 bits per heavy atom.